The zero-order chi connectivity index (χ0) is 18.0. The Bertz CT molecular complexity index is 611. The molecule has 1 aromatic rings. The van der Waals surface area contributed by atoms with E-state index in [1.165, 1.54) is 12.8 Å². The summed E-state index contributed by atoms with van der Waals surface area (Å²) in [6, 6.07) is 6.93. The summed E-state index contributed by atoms with van der Waals surface area (Å²) in [5, 5.41) is 3.63. The zero-order valence-corrected chi connectivity index (χ0v) is 17.0. The SMILES string of the molecule is COc1cc(C(=O)N(C)C2CC3CCC(C2)N3)ccc1OCC(C)C.Cl. The number of carbonyl (C=O) groups is 1. The third kappa shape index (κ3) is 4.63. The topological polar surface area (TPSA) is 50.8 Å². The predicted molar refractivity (Wildman–Crippen MR) is 106 cm³/mol. The van der Waals surface area contributed by atoms with Crippen LogP contribution >= 0.6 is 12.4 Å². The lowest BCUT2D eigenvalue weighted by molar-refractivity contribution is 0.0681. The maximum absolute atomic E-state index is 12.9. The number of methoxy groups -OCH3 is 1. The third-order valence-corrected chi connectivity index (χ3v) is 5.30. The van der Waals surface area contributed by atoms with Crippen molar-refractivity contribution < 1.29 is 14.3 Å². The molecule has 2 fully saturated rings. The average Bonchev–Trinajstić information content (AvgIpc) is 2.96. The van der Waals surface area contributed by atoms with Crippen molar-refractivity contribution in [3.05, 3.63) is 23.8 Å². The van der Waals surface area contributed by atoms with Crippen molar-refractivity contribution >= 4 is 18.3 Å². The Balaban J connectivity index is 0.00000243. The number of hydrogen-bond acceptors (Lipinski definition) is 4. The Hall–Kier alpha value is -1.46. The van der Waals surface area contributed by atoms with Crippen molar-refractivity contribution in [2.75, 3.05) is 20.8 Å². The van der Waals surface area contributed by atoms with Gasteiger partial charge in [-0.2, -0.15) is 0 Å². The minimum atomic E-state index is 0. The van der Waals surface area contributed by atoms with Gasteiger partial charge in [0.2, 0.25) is 0 Å². The molecule has 5 nitrogen and oxygen atoms in total. The van der Waals surface area contributed by atoms with Crippen molar-refractivity contribution in [1.82, 2.24) is 10.2 Å². The molecule has 1 amide bonds. The van der Waals surface area contributed by atoms with Crippen molar-refractivity contribution in [1.29, 1.82) is 0 Å². The number of rotatable bonds is 6. The Labute approximate surface area is 162 Å². The molecule has 146 valence electrons. The summed E-state index contributed by atoms with van der Waals surface area (Å²) in [7, 11) is 3.54. The van der Waals surface area contributed by atoms with E-state index in [1.54, 1.807) is 13.2 Å². The summed E-state index contributed by atoms with van der Waals surface area (Å²) in [5.74, 6) is 1.80. The molecule has 2 aliphatic rings. The lowest BCUT2D eigenvalue weighted by atomic mass is 9.98. The van der Waals surface area contributed by atoms with Gasteiger partial charge in [0.25, 0.3) is 5.91 Å². The van der Waals surface area contributed by atoms with Gasteiger partial charge in [-0.25, -0.2) is 0 Å². The largest absolute Gasteiger partial charge is 0.493 e. The highest BCUT2D eigenvalue weighted by Gasteiger charge is 2.36. The second-order valence-electron chi connectivity index (χ2n) is 7.75. The molecule has 6 heteroatoms. The molecule has 1 N–H and O–H groups in total. The van der Waals surface area contributed by atoms with Crippen molar-refractivity contribution in [2.45, 2.75) is 57.7 Å². The monoisotopic (exact) mass is 382 g/mol. The van der Waals surface area contributed by atoms with Gasteiger partial charge in [0.15, 0.2) is 11.5 Å². The van der Waals surface area contributed by atoms with E-state index < -0.39 is 0 Å². The van der Waals surface area contributed by atoms with Gasteiger partial charge in [-0.3, -0.25) is 4.79 Å². The number of nitrogens with zero attached hydrogens (tertiary/aromatic N) is 1. The van der Waals surface area contributed by atoms with E-state index in [-0.39, 0.29) is 18.3 Å². The first kappa shape index (κ1) is 20.8. The highest BCUT2D eigenvalue weighted by molar-refractivity contribution is 5.95. The van der Waals surface area contributed by atoms with Crippen LogP contribution in [0.1, 0.15) is 49.9 Å². The highest BCUT2D eigenvalue weighted by Crippen LogP contribution is 2.32. The number of halogens is 1. The fraction of sp³-hybridized carbons (Fsp3) is 0.650. The Morgan fingerprint density at radius 2 is 1.88 bits per heavy atom. The molecule has 2 bridgehead atoms. The zero-order valence-electron chi connectivity index (χ0n) is 16.2. The molecule has 2 unspecified atom stereocenters. The molecule has 2 heterocycles. The van der Waals surface area contributed by atoms with E-state index in [9.17, 15) is 4.79 Å². The van der Waals surface area contributed by atoms with Crippen molar-refractivity contribution in [3.63, 3.8) is 0 Å². The lowest BCUT2D eigenvalue weighted by Gasteiger charge is -2.35. The van der Waals surface area contributed by atoms with Crippen LogP contribution in [-0.4, -0.2) is 49.7 Å². The predicted octanol–water partition coefficient (Wildman–Crippen LogP) is 3.51. The third-order valence-electron chi connectivity index (χ3n) is 5.30. The van der Waals surface area contributed by atoms with Gasteiger partial charge in [-0.15, -0.1) is 12.4 Å². The van der Waals surface area contributed by atoms with Gasteiger partial charge in [-0.05, 0) is 49.8 Å². The van der Waals surface area contributed by atoms with E-state index >= 15 is 0 Å². The first-order valence-electron chi connectivity index (χ1n) is 9.32. The second-order valence-corrected chi connectivity index (χ2v) is 7.75. The first-order valence-corrected chi connectivity index (χ1v) is 9.32. The number of carbonyl (C=O) groups excluding carboxylic acids is 1. The summed E-state index contributed by atoms with van der Waals surface area (Å²) in [6.45, 7) is 4.83. The molecule has 0 radical (unpaired) electrons. The molecule has 0 spiro atoms. The molecular weight excluding hydrogens is 352 g/mol. The van der Waals surface area contributed by atoms with Crippen LogP contribution in [0.3, 0.4) is 0 Å². The average molecular weight is 383 g/mol. The van der Waals surface area contributed by atoms with Crippen LogP contribution in [0.25, 0.3) is 0 Å². The summed E-state index contributed by atoms with van der Waals surface area (Å²) < 4.78 is 11.2. The molecule has 3 rings (SSSR count). The van der Waals surface area contributed by atoms with E-state index in [0.717, 1.165) is 12.8 Å². The van der Waals surface area contributed by atoms with E-state index in [1.807, 2.05) is 24.1 Å². The van der Waals surface area contributed by atoms with Crippen molar-refractivity contribution in [3.8, 4) is 11.5 Å². The molecule has 26 heavy (non-hydrogen) atoms. The van der Waals surface area contributed by atoms with Crippen LogP contribution in [0, 0.1) is 5.92 Å². The molecule has 2 atom stereocenters. The number of fused-ring (bicyclic) bond motifs is 2. The number of piperidine rings is 1. The van der Waals surface area contributed by atoms with Gasteiger partial charge in [0.1, 0.15) is 0 Å². The standard InChI is InChI=1S/C20H30N2O3.ClH/c1-13(2)12-25-18-8-5-14(9-19(18)24-4)20(23)22(3)17-10-15-6-7-16(11-17)21-15;/h5,8-9,13,15-17,21H,6-7,10-12H2,1-4H3;1H. The van der Waals surface area contributed by atoms with E-state index in [2.05, 4.69) is 19.2 Å². The van der Waals surface area contributed by atoms with Crippen LogP contribution in [0.4, 0.5) is 0 Å². The molecule has 0 saturated carbocycles. The molecule has 2 saturated heterocycles. The fourth-order valence-electron chi connectivity index (χ4n) is 3.89. The lowest BCUT2D eigenvalue weighted by Crippen LogP contribution is -2.48. The molecule has 0 aromatic heterocycles. The van der Waals surface area contributed by atoms with Crippen LogP contribution in [0.15, 0.2) is 18.2 Å². The number of hydrogen-bond donors (Lipinski definition) is 1. The van der Waals surface area contributed by atoms with E-state index in [4.69, 9.17) is 9.47 Å². The number of ether oxygens (including phenoxy) is 2. The summed E-state index contributed by atoms with van der Waals surface area (Å²) in [4.78, 5) is 14.8. The van der Waals surface area contributed by atoms with Crippen LogP contribution in [0.5, 0.6) is 11.5 Å². The fourth-order valence-corrected chi connectivity index (χ4v) is 3.89. The second kappa shape index (κ2) is 8.96. The Morgan fingerprint density at radius 3 is 2.46 bits per heavy atom. The minimum absolute atomic E-state index is 0. The quantitative estimate of drug-likeness (QED) is 0.818. The number of nitrogens with one attached hydrogen (secondary N) is 1. The molecule has 1 aromatic carbocycles. The van der Waals surface area contributed by atoms with Gasteiger partial charge < -0.3 is 19.7 Å². The minimum Gasteiger partial charge on any atom is -0.493 e. The normalized spacial score (nSPS) is 24.1. The van der Waals surface area contributed by atoms with Crippen molar-refractivity contribution in [2.24, 2.45) is 5.92 Å². The number of amides is 1. The number of benzene rings is 1. The Morgan fingerprint density at radius 1 is 1.23 bits per heavy atom. The van der Waals surface area contributed by atoms with Crippen LogP contribution < -0.4 is 14.8 Å². The maximum atomic E-state index is 12.9. The summed E-state index contributed by atoms with van der Waals surface area (Å²) >= 11 is 0. The summed E-state index contributed by atoms with van der Waals surface area (Å²) in [6.07, 6.45) is 4.56. The van der Waals surface area contributed by atoms with Crippen LogP contribution in [0.2, 0.25) is 0 Å². The molecular formula is C20H31ClN2O3. The first-order chi connectivity index (χ1) is 12.0. The van der Waals surface area contributed by atoms with Gasteiger partial charge in [0, 0.05) is 30.7 Å². The molecule has 0 aliphatic carbocycles. The highest BCUT2D eigenvalue weighted by atomic mass is 35.5. The smallest absolute Gasteiger partial charge is 0.253 e. The maximum Gasteiger partial charge on any atom is 0.253 e. The molecule has 2 aliphatic heterocycles. The van der Waals surface area contributed by atoms with Crippen LogP contribution in [-0.2, 0) is 0 Å². The summed E-state index contributed by atoms with van der Waals surface area (Å²) in [5.41, 5.74) is 0.655. The van der Waals surface area contributed by atoms with Gasteiger partial charge in [0.05, 0.1) is 13.7 Å². The van der Waals surface area contributed by atoms with Gasteiger partial charge >= 0.3 is 0 Å². The van der Waals surface area contributed by atoms with Gasteiger partial charge in [-0.1, -0.05) is 13.8 Å². The van der Waals surface area contributed by atoms with E-state index in [0.29, 0.717) is 47.7 Å². The Kier molecular flexibility index (Phi) is 7.18.